The monoisotopic (exact) mass is 478 g/mol. The molecule has 1 amide bonds. The molecule has 34 heavy (non-hydrogen) atoms. The van der Waals surface area contributed by atoms with E-state index in [4.69, 9.17) is 20.4 Å². The molecule has 1 aliphatic rings. The largest absolute Gasteiger partial charge is 0.550 e. The van der Waals surface area contributed by atoms with Gasteiger partial charge < -0.3 is 23.6 Å². The van der Waals surface area contributed by atoms with Crippen LogP contribution in [0.5, 0.6) is 0 Å². The van der Waals surface area contributed by atoms with Gasteiger partial charge in [-0.3, -0.25) is 4.79 Å². The van der Waals surface area contributed by atoms with E-state index in [0.717, 1.165) is 21.9 Å². The van der Waals surface area contributed by atoms with Gasteiger partial charge in [0.15, 0.2) is 0 Å². The number of likely N-dealkylation sites (tertiary alicyclic amines) is 1. The zero-order valence-electron chi connectivity index (χ0n) is 18.4. The van der Waals surface area contributed by atoms with Gasteiger partial charge >= 0.3 is 5.63 Å². The third kappa shape index (κ3) is 3.96. The summed E-state index contributed by atoms with van der Waals surface area (Å²) in [5.74, 6) is -1.84. The highest BCUT2D eigenvalue weighted by Crippen LogP contribution is 2.35. The second-order valence-corrected chi connectivity index (χ2v) is 9.08. The lowest BCUT2D eigenvalue weighted by molar-refractivity contribution is -0.312. The Hall–Kier alpha value is -3.58. The molecule has 174 valence electrons. The number of carboxylic acids is 1. The molecule has 1 fully saturated rings. The molecule has 7 nitrogen and oxygen atoms in total. The van der Waals surface area contributed by atoms with Crippen molar-refractivity contribution in [2.45, 2.75) is 26.2 Å². The van der Waals surface area contributed by atoms with Crippen LogP contribution in [0.2, 0.25) is 5.02 Å². The molecule has 2 aromatic carbocycles. The lowest BCUT2D eigenvalue weighted by Crippen LogP contribution is -2.44. The number of carbonyl (C=O) groups excluding carboxylic acids is 2. The van der Waals surface area contributed by atoms with Gasteiger partial charge in [0.25, 0.3) is 0 Å². The van der Waals surface area contributed by atoms with Crippen molar-refractivity contribution in [2.24, 2.45) is 5.92 Å². The Kier molecular flexibility index (Phi) is 5.65. The number of nitrogens with zero attached hydrogens (tertiary/aromatic N) is 1. The standard InChI is InChI=1S/C26H22ClNO6/c1-14-18-10-20-21(15-2-4-17(27)5-3-15)13-33-22(20)12-23(18)34-26(32)19(14)11-24(29)28-8-6-16(7-9-28)25(30)31/h2-5,10,12-13,16H,6-9,11H2,1H3,(H,30,31)/p-1. The van der Waals surface area contributed by atoms with Gasteiger partial charge in [0, 0.05) is 52.4 Å². The highest BCUT2D eigenvalue weighted by atomic mass is 35.5. The van der Waals surface area contributed by atoms with Crippen LogP contribution in [0.1, 0.15) is 24.0 Å². The number of aliphatic carboxylic acids is 1. The molecule has 1 saturated heterocycles. The van der Waals surface area contributed by atoms with Crippen LogP contribution < -0.4 is 10.7 Å². The van der Waals surface area contributed by atoms with Crippen molar-refractivity contribution in [3.63, 3.8) is 0 Å². The summed E-state index contributed by atoms with van der Waals surface area (Å²) in [6.45, 7) is 2.46. The molecule has 0 unspecified atom stereocenters. The third-order valence-corrected chi connectivity index (χ3v) is 6.90. The lowest BCUT2D eigenvalue weighted by atomic mass is 9.96. The van der Waals surface area contributed by atoms with Gasteiger partial charge in [0.1, 0.15) is 11.2 Å². The summed E-state index contributed by atoms with van der Waals surface area (Å²) in [6, 6.07) is 11.0. The van der Waals surface area contributed by atoms with Crippen molar-refractivity contribution in [1.29, 1.82) is 0 Å². The van der Waals surface area contributed by atoms with Crippen molar-refractivity contribution in [3.05, 3.63) is 69.2 Å². The quantitative estimate of drug-likeness (QED) is 0.414. The molecular weight excluding hydrogens is 458 g/mol. The Morgan fingerprint density at radius 3 is 2.47 bits per heavy atom. The average Bonchev–Trinajstić information content (AvgIpc) is 3.24. The Morgan fingerprint density at radius 1 is 1.09 bits per heavy atom. The summed E-state index contributed by atoms with van der Waals surface area (Å²) in [6.07, 6.45) is 2.26. The number of halogens is 1. The first-order valence-electron chi connectivity index (χ1n) is 11.0. The molecule has 0 atom stereocenters. The maximum absolute atomic E-state index is 12.9. The Bertz CT molecular complexity index is 1480. The Balaban J connectivity index is 1.49. The van der Waals surface area contributed by atoms with Gasteiger partial charge in [-0.2, -0.15) is 0 Å². The molecule has 2 aromatic heterocycles. The molecule has 5 rings (SSSR count). The second kappa shape index (κ2) is 8.65. The second-order valence-electron chi connectivity index (χ2n) is 8.64. The predicted molar refractivity (Wildman–Crippen MR) is 125 cm³/mol. The number of hydrogen-bond acceptors (Lipinski definition) is 6. The summed E-state index contributed by atoms with van der Waals surface area (Å²) in [4.78, 5) is 38.3. The summed E-state index contributed by atoms with van der Waals surface area (Å²) >= 11 is 6.02. The van der Waals surface area contributed by atoms with Crippen LogP contribution in [0.4, 0.5) is 0 Å². The van der Waals surface area contributed by atoms with E-state index >= 15 is 0 Å². The van der Waals surface area contributed by atoms with Crippen LogP contribution in [0.25, 0.3) is 33.1 Å². The maximum Gasteiger partial charge on any atom is 0.340 e. The molecule has 0 radical (unpaired) electrons. The van der Waals surface area contributed by atoms with Crippen LogP contribution >= 0.6 is 11.6 Å². The number of piperidine rings is 1. The fourth-order valence-corrected chi connectivity index (χ4v) is 4.72. The van der Waals surface area contributed by atoms with E-state index in [1.807, 2.05) is 18.2 Å². The number of aryl methyl sites for hydroxylation is 1. The fraction of sp³-hybridized carbons (Fsp3) is 0.269. The molecule has 8 heteroatoms. The molecule has 3 heterocycles. The molecule has 0 N–H and O–H groups in total. The molecule has 4 aromatic rings. The summed E-state index contributed by atoms with van der Waals surface area (Å²) in [5.41, 5.74) is 3.20. The summed E-state index contributed by atoms with van der Waals surface area (Å²) in [7, 11) is 0. The van der Waals surface area contributed by atoms with E-state index in [-0.39, 0.29) is 12.3 Å². The molecule has 0 saturated carbocycles. The fourth-order valence-electron chi connectivity index (χ4n) is 4.60. The van der Waals surface area contributed by atoms with E-state index in [0.29, 0.717) is 53.2 Å². The van der Waals surface area contributed by atoms with Gasteiger partial charge in [-0.15, -0.1) is 0 Å². The average molecular weight is 479 g/mol. The Labute approximate surface area is 199 Å². The number of furan rings is 1. The number of benzene rings is 2. The van der Waals surface area contributed by atoms with Crippen molar-refractivity contribution in [2.75, 3.05) is 13.1 Å². The minimum absolute atomic E-state index is 0.104. The molecular formula is C26H21ClNO6-. The first-order chi connectivity index (χ1) is 16.3. The molecule has 0 bridgehead atoms. The maximum atomic E-state index is 12.9. The van der Waals surface area contributed by atoms with E-state index in [1.54, 1.807) is 36.3 Å². The van der Waals surface area contributed by atoms with Gasteiger partial charge in [-0.1, -0.05) is 23.7 Å². The zero-order valence-corrected chi connectivity index (χ0v) is 19.2. The van der Waals surface area contributed by atoms with E-state index in [2.05, 4.69) is 0 Å². The minimum atomic E-state index is -1.08. The van der Waals surface area contributed by atoms with Crippen LogP contribution in [-0.2, 0) is 16.0 Å². The number of fused-ring (bicyclic) bond motifs is 2. The van der Waals surface area contributed by atoms with Crippen molar-refractivity contribution in [1.82, 2.24) is 4.90 Å². The van der Waals surface area contributed by atoms with Crippen molar-refractivity contribution in [3.8, 4) is 11.1 Å². The van der Waals surface area contributed by atoms with Crippen LogP contribution in [0, 0.1) is 12.8 Å². The smallest absolute Gasteiger partial charge is 0.340 e. The number of rotatable bonds is 4. The SMILES string of the molecule is Cc1c(CC(=O)N2CCC(C(=O)[O-])CC2)c(=O)oc2cc3occ(-c4ccc(Cl)cc4)c3cc12. The predicted octanol–water partition coefficient (Wildman–Crippen LogP) is 3.70. The van der Waals surface area contributed by atoms with E-state index in [9.17, 15) is 19.5 Å². The van der Waals surface area contributed by atoms with Crippen LogP contribution in [0.3, 0.4) is 0 Å². The number of carbonyl (C=O) groups is 2. The minimum Gasteiger partial charge on any atom is -0.550 e. The van der Waals surface area contributed by atoms with Crippen LogP contribution in [-0.4, -0.2) is 29.9 Å². The highest BCUT2D eigenvalue weighted by Gasteiger charge is 2.25. The number of amides is 1. The van der Waals surface area contributed by atoms with Gasteiger partial charge in [0.2, 0.25) is 5.91 Å². The van der Waals surface area contributed by atoms with Gasteiger partial charge in [-0.25, -0.2) is 4.79 Å². The topological polar surface area (TPSA) is 104 Å². The zero-order chi connectivity index (χ0) is 24.0. The number of hydrogen-bond donors (Lipinski definition) is 0. The van der Waals surface area contributed by atoms with Crippen molar-refractivity contribution < 1.29 is 23.5 Å². The summed E-state index contributed by atoms with van der Waals surface area (Å²) < 4.78 is 11.3. The molecule has 1 aliphatic heterocycles. The Morgan fingerprint density at radius 2 is 1.79 bits per heavy atom. The highest BCUT2D eigenvalue weighted by molar-refractivity contribution is 6.30. The third-order valence-electron chi connectivity index (χ3n) is 6.65. The van der Waals surface area contributed by atoms with E-state index < -0.39 is 17.5 Å². The van der Waals surface area contributed by atoms with Crippen LogP contribution in [0.15, 0.2) is 56.3 Å². The first-order valence-corrected chi connectivity index (χ1v) is 11.4. The molecule has 0 aliphatic carbocycles. The van der Waals surface area contributed by atoms with Gasteiger partial charge in [-0.05, 0) is 49.1 Å². The first kappa shape index (κ1) is 22.2. The van der Waals surface area contributed by atoms with Gasteiger partial charge in [0.05, 0.1) is 18.2 Å². The number of carboxylic acid groups (broad SMARTS) is 1. The summed E-state index contributed by atoms with van der Waals surface area (Å²) in [5, 5.41) is 13.3. The normalized spacial score (nSPS) is 14.7. The molecule has 0 spiro atoms. The van der Waals surface area contributed by atoms with E-state index in [1.165, 1.54) is 0 Å². The lowest BCUT2D eigenvalue weighted by Gasteiger charge is -2.32. The van der Waals surface area contributed by atoms with Crippen molar-refractivity contribution >= 4 is 45.4 Å².